The molecule has 0 saturated heterocycles. The first-order valence-electron chi connectivity index (χ1n) is 14.2. The fourth-order valence-electron chi connectivity index (χ4n) is 5.48. The monoisotopic (exact) mass is 612 g/mol. The summed E-state index contributed by atoms with van der Waals surface area (Å²) in [6.45, 7) is -0.169. The molecule has 0 N–H and O–H groups in total. The Morgan fingerprint density at radius 3 is 2.49 bits per heavy atom. The Bertz CT molecular complexity index is 1960. The quantitative estimate of drug-likeness (QED) is 0.171. The predicted molar refractivity (Wildman–Crippen MR) is 158 cm³/mol. The first-order valence-corrected chi connectivity index (χ1v) is 14.2. The molecule has 0 spiro atoms. The van der Waals surface area contributed by atoms with E-state index in [9.17, 15) is 9.18 Å². The maximum Gasteiger partial charge on any atom is 0.337 e. The van der Waals surface area contributed by atoms with E-state index in [4.69, 9.17) is 24.5 Å². The number of rotatable bonds is 9. The van der Waals surface area contributed by atoms with E-state index >= 15 is 8.78 Å². The molecule has 0 radical (unpaired) electrons. The summed E-state index contributed by atoms with van der Waals surface area (Å²) in [7, 11) is 2.96. The van der Waals surface area contributed by atoms with E-state index in [-0.39, 0.29) is 59.0 Å². The number of benzene rings is 3. The van der Waals surface area contributed by atoms with Gasteiger partial charge in [0, 0.05) is 36.8 Å². The molecule has 5 aromatic rings. The third-order valence-electron chi connectivity index (χ3n) is 7.99. The minimum absolute atomic E-state index is 0.00611. The first kappa shape index (κ1) is 29.8. The van der Waals surface area contributed by atoms with Crippen LogP contribution < -0.4 is 4.74 Å². The summed E-state index contributed by atoms with van der Waals surface area (Å²) < 4.78 is 63.3. The van der Waals surface area contributed by atoms with Crippen molar-refractivity contribution < 1.29 is 32.2 Å². The second kappa shape index (κ2) is 12.4. The lowest BCUT2D eigenvalue weighted by molar-refractivity contribution is 0.00665. The van der Waals surface area contributed by atoms with Crippen LogP contribution in [-0.2, 0) is 22.5 Å². The van der Waals surface area contributed by atoms with Crippen LogP contribution >= 0.6 is 0 Å². The molecule has 6 rings (SSSR count). The summed E-state index contributed by atoms with van der Waals surface area (Å²) >= 11 is 0. The van der Waals surface area contributed by atoms with E-state index in [1.807, 2.05) is 10.6 Å². The molecule has 11 heteroatoms. The largest absolute Gasteiger partial charge is 0.473 e. The van der Waals surface area contributed by atoms with Crippen molar-refractivity contribution in [3.8, 4) is 23.2 Å². The van der Waals surface area contributed by atoms with Crippen LogP contribution in [0.5, 0.6) is 5.88 Å². The zero-order valence-electron chi connectivity index (χ0n) is 24.4. The molecule has 0 bridgehead atoms. The van der Waals surface area contributed by atoms with Crippen molar-refractivity contribution in [1.29, 1.82) is 5.26 Å². The number of methoxy groups -OCH3 is 2. The minimum Gasteiger partial charge on any atom is -0.473 e. The third kappa shape index (κ3) is 5.97. The highest BCUT2D eigenvalue weighted by Crippen LogP contribution is 2.38. The Hall–Kier alpha value is -5.21. The van der Waals surface area contributed by atoms with Crippen molar-refractivity contribution in [3.05, 3.63) is 112 Å². The van der Waals surface area contributed by atoms with Crippen molar-refractivity contribution in [2.24, 2.45) is 0 Å². The summed E-state index contributed by atoms with van der Waals surface area (Å²) in [6.07, 6.45) is 1.52. The molecular weight excluding hydrogens is 585 g/mol. The van der Waals surface area contributed by atoms with Gasteiger partial charge < -0.3 is 18.8 Å². The molecule has 0 aliphatic heterocycles. The number of halogens is 3. The van der Waals surface area contributed by atoms with E-state index in [0.717, 1.165) is 31.0 Å². The normalized spacial score (nSPS) is 15.8. The molecule has 45 heavy (non-hydrogen) atoms. The second-order valence-corrected chi connectivity index (χ2v) is 10.7. The summed E-state index contributed by atoms with van der Waals surface area (Å²) in [6, 6.07) is 17.8. The van der Waals surface area contributed by atoms with Crippen molar-refractivity contribution in [2.75, 3.05) is 14.2 Å². The number of imidazole rings is 1. The van der Waals surface area contributed by atoms with Crippen LogP contribution in [0.1, 0.15) is 51.8 Å². The molecule has 2 aromatic heterocycles. The van der Waals surface area contributed by atoms with E-state index in [1.165, 1.54) is 31.4 Å². The number of carbonyl (C=O) groups excluding carboxylic acids is 1. The van der Waals surface area contributed by atoms with Crippen LogP contribution in [0.4, 0.5) is 13.2 Å². The van der Waals surface area contributed by atoms with Crippen LogP contribution in [0.3, 0.4) is 0 Å². The van der Waals surface area contributed by atoms with Crippen molar-refractivity contribution in [1.82, 2.24) is 14.5 Å². The van der Waals surface area contributed by atoms with Crippen LogP contribution in [-0.4, -0.2) is 40.8 Å². The fourth-order valence-corrected chi connectivity index (χ4v) is 5.48. The predicted octanol–water partition coefficient (Wildman–Crippen LogP) is 6.69. The first-order chi connectivity index (χ1) is 21.8. The number of carbonyl (C=O) groups is 1. The Balaban J connectivity index is 1.27. The molecule has 3 aromatic carbocycles. The van der Waals surface area contributed by atoms with Crippen molar-refractivity contribution >= 4 is 17.0 Å². The molecule has 0 unspecified atom stereocenters. The van der Waals surface area contributed by atoms with Gasteiger partial charge in [-0.15, -0.1) is 0 Å². The number of nitriles is 1. The number of nitrogens with zero attached hydrogens (tertiary/aromatic N) is 4. The molecule has 1 saturated carbocycles. The lowest BCUT2D eigenvalue weighted by Gasteiger charge is -2.36. The highest BCUT2D eigenvalue weighted by Gasteiger charge is 2.33. The third-order valence-corrected chi connectivity index (χ3v) is 7.99. The van der Waals surface area contributed by atoms with Gasteiger partial charge in [-0.2, -0.15) is 5.26 Å². The van der Waals surface area contributed by atoms with E-state index < -0.39 is 23.4 Å². The van der Waals surface area contributed by atoms with Gasteiger partial charge in [0.05, 0.1) is 47.1 Å². The zero-order chi connectivity index (χ0) is 31.7. The summed E-state index contributed by atoms with van der Waals surface area (Å²) in [4.78, 5) is 21.2. The van der Waals surface area contributed by atoms with E-state index in [1.54, 1.807) is 31.4 Å². The smallest absolute Gasteiger partial charge is 0.337 e. The SMILES string of the molecule is COC(=O)c1ccc2nc(Cc3cc(F)c(-c4cccc(OCc5ccc(C#N)cc5F)n4)cc3F)n([C@H]3C[C@H](OC)C3)c2c1. The zero-order valence-corrected chi connectivity index (χ0v) is 24.4. The van der Waals surface area contributed by atoms with Crippen LogP contribution in [0, 0.1) is 28.8 Å². The fraction of sp³-hybridized carbons (Fsp3) is 0.235. The lowest BCUT2D eigenvalue weighted by atomic mass is 9.88. The lowest BCUT2D eigenvalue weighted by Crippen LogP contribution is -2.33. The van der Waals surface area contributed by atoms with Gasteiger partial charge in [-0.1, -0.05) is 12.1 Å². The standard InChI is InChI=1S/C34H27F3N4O4/c1-43-24-14-23(15-24)41-31-12-20(34(42)44-2)8-9-30(31)39-32(41)13-22-11-28(37)25(16-27(22)36)29-4-3-5-33(40-29)45-18-21-7-6-19(17-38)10-26(21)35/h3-12,16,23-24H,13-15,18H2,1-2H3/t23-,24-. The molecule has 1 aliphatic rings. The molecule has 1 aliphatic carbocycles. The number of pyridine rings is 1. The molecule has 0 amide bonds. The molecule has 1 fully saturated rings. The molecule has 228 valence electrons. The average Bonchev–Trinajstić information content (AvgIpc) is 3.37. The van der Waals surface area contributed by atoms with Crippen molar-refractivity contribution in [3.63, 3.8) is 0 Å². The summed E-state index contributed by atoms with van der Waals surface area (Å²) in [5.41, 5.74) is 2.27. The average molecular weight is 613 g/mol. The number of hydrogen-bond donors (Lipinski definition) is 0. The Kier molecular flexibility index (Phi) is 8.24. The van der Waals surface area contributed by atoms with E-state index in [0.29, 0.717) is 22.4 Å². The van der Waals surface area contributed by atoms with Gasteiger partial charge in [0.15, 0.2) is 0 Å². The van der Waals surface area contributed by atoms with Gasteiger partial charge in [-0.05, 0) is 66.9 Å². The molecular formula is C34H27F3N4O4. The summed E-state index contributed by atoms with van der Waals surface area (Å²) in [5.74, 6) is -1.79. The number of fused-ring (bicyclic) bond motifs is 1. The number of ether oxygens (including phenoxy) is 3. The van der Waals surface area contributed by atoms with Crippen LogP contribution in [0.15, 0.2) is 66.7 Å². The highest BCUT2D eigenvalue weighted by atomic mass is 19.1. The van der Waals surface area contributed by atoms with Gasteiger partial charge >= 0.3 is 5.97 Å². The van der Waals surface area contributed by atoms with Gasteiger partial charge in [0.1, 0.15) is 29.9 Å². The number of esters is 1. The molecule has 0 atom stereocenters. The van der Waals surface area contributed by atoms with Gasteiger partial charge in [-0.3, -0.25) is 0 Å². The second-order valence-electron chi connectivity index (χ2n) is 10.7. The maximum absolute atomic E-state index is 15.6. The van der Waals surface area contributed by atoms with Gasteiger partial charge in [0.2, 0.25) is 5.88 Å². The van der Waals surface area contributed by atoms with Crippen LogP contribution in [0.2, 0.25) is 0 Å². The highest BCUT2D eigenvalue weighted by molar-refractivity contribution is 5.93. The number of aromatic nitrogens is 3. The number of hydrogen-bond acceptors (Lipinski definition) is 7. The minimum atomic E-state index is -0.687. The van der Waals surface area contributed by atoms with Gasteiger partial charge in [0.25, 0.3) is 0 Å². The molecule has 8 nitrogen and oxygen atoms in total. The van der Waals surface area contributed by atoms with E-state index in [2.05, 4.69) is 4.98 Å². The Labute approximate surface area is 256 Å². The topological polar surface area (TPSA) is 99.3 Å². The molecule has 2 heterocycles. The Morgan fingerprint density at radius 1 is 0.956 bits per heavy atom. The van der Waals surface area contributed by atoms with Crippen molar-refractivity contribution in [2.45, 2.75) is 38.0 Å². The Morgan fingerprint density at radius 2 is 1.76 bits per heavy atom. The maximum atomic E-state index is 15.6. The van der Waals surface area contributed by atoms with Gasteiger partial charge in [-0.25, -0.2) is 27.9 Å². The summed E-state index contributed by atoms with van der Waals surface area (Å²) in [5, 5.41) is 8.92. The van der Waals surface area contributed by atoms with Crippen LogP contribution in [0.25, 0.3) is 22.3 Å².